The van der Waals surface area contributed by atoms with E-state index in [0.29, 0.717) is 0 Å². The Labute approximate surface area is 144 Å². The number of Topliss-reactive ketones (excluding diaryl/α,β-unsaturated/α-hetero) is 1. The second-order valence-corrected chi connectivity index (χ2v) is 6.78. The van der Waals surface area contributed by atoms with Gasteiger partial charge in [0.2, 0.25) is 0 Å². The number of rotatable bonds is 6. The molecule has 0 saturated carbocycles. The molecule has 0 N–H and O–H groups in total. The molecule has 2 aromatic carbocycles. The molecule has 0 aliphatic heterocycles. The van der Waals surface area contributed by atoms with Crippen LogP contribution in [0.2, 0.25) is 0 Å². The van der Waals surface area contributed by atoms with Gasteiger partial charge in [0.1, 0.15) is 18.1 Å². The highest BCUT2D eigenvalue weighted by Crippen LogP contribution is 2.35. The van der Waals surface area contributed by atoms with Gasteiger partial charge in [-0.05, 0) is 55.2 Å². The summed E-state index contributed by atoms with van der Waals surface area (Å²) < 4.78 is 10.9. The molecule has 0 atom stereocenters. The van der Waals surface area contributed by atoms with E-state index in [9.17, 15) is 4.79 Å². The first kappa shape index (κ1) is 18.1. The normalized spacial score (nSPS) is 11.2. The van der Waals surface area contributed by atoms with Crippen molar-refractivity contribution < 1.29 is 14.3 Å². The molecule has 0 aliphatic carbocycles. The Morgan fingerprint density at radius 3 is 1.88 bits per heavy atom. The fourth-order valence-electron chi connectivity index (χ4n) is 2.81. The highest BCUT2D eigenvalue weighted by Gasteiger charge is 2.24. The molecule has 0 heterocycles. The van der Waals surface area contributed by atoms with Crippen LogP contribution in [0.4, 0.5) is 0 Å². The van der Waals surface area contributed by atoms with Crippen molar-refractivity contribution in [3.8, 4) is 11.5 Å². The number of carbonyl (C=O) groups excluding carboxylic acids is 1. The predicted molar refractivity (Wildman–Crippen MR) is 97.2 cm³/mol. The molecular weight excluding hydrogens is 300 g/mol. The average Bonchev–Trinajstić information content (AvgIpc) is 2.53. The van der Waals surface area contributed by atoms with E-state index < -0.39 is 0 Å². The first-order valence-corrected chi connectivity index (χ1v) is 8.14. The lowest BCUT2D eigenvalue weighted by Gasteiger charge is -2.27. The number of ketones is 1. The minimum absolute atomic E-state index is 0.0208. The molecule has 0 amide bonds. The maximum Gasteiger partial charge on any atom is 0.167 e. The van der Waals surface area contributed by atoms with Crippen LogP contribution in [-0.2, 0) is 10.2 Å². The zero-order valence-corrected chi connectivity index (χ0v) is 15.4. The third kappa shape index (κ3) is 3.78. The van der Waals surface area contributed by atoms with Crippen molar-refractivity contribution >= 4 is 5.78 Å². The monoisotopic (exact) mass is 326 g/mol. The minimum Gasteiger partial charge on any atom is -0.496 e. The maximum atomic E-state index is 11.1. The Bertz CT molecular complexity index is 745. The van der Waals surface area contributed by atoms with E-state index in [1.807, 2.05) is 19.1 Å². The van der Waals surface area contributed by atoms with Gasteiger partial charge in [-0.15, -0.1) is 0 Å². The highest BCUT2D eigenvalue weighted by atomic mass is 16.5. The van der Waals surface area contributed by atoms with E-state index in [2.05, 4.69) is 45.0 Å². The molecule has 0 aliphatic rings. The van der Waals surface area contributed by atoms with Gasteiger partial charge in [0, 0.05) is 5.41 Å². The molecule has 24 heavy (non-hydrogen) atoms. The predicted octanol–water partition coefficient (Wildman–Crippen LogP) is 4.61. The molecule has 0 bridgehead atoms. The van der Waals surface area contributed by atoms with Crippen molar-refractivity contribution in [2.24, 2.45) is 0 Å². The maximum absolute atomic E-state index is 11.1. The van der Waals surface area contributed by atoms with Gasteiger partial charge in [0.15, 0.2) is 5.78 Å². The van der Waals surface area contributed by atoms with Crippen molar-refractivity contribution in [2.45, 2.75) is 40.0 Å². The standard InChI is InChI=1S/C21H26O3/c1-14-11-17(7-9-19(14)23-6)21(4,5)18-8-10-20(15(2)12-18)24-13-16(3)22/h7-12H,13H2,1-6H3. The summed E-state index contributed by atoms with van der Waals surface area (Å²) in [6.07, 6.45) is 0. The fraction of sp³-hybridized carbons (Fsp3) is 0.381. The van der Waals surface area contributed by atoms with Crippen LogP contribution in [0.3, 0.4) is 0 Å². The molecule has 0 saturated heterocycles. The summed E-state index contributed by atoms with van der Waals surface area (Å²) >= 11 is 0. The first-order valence-electron chi connectivity index (χ1n) is 8.14. The van der Waals surface area contributed by atoms with Gasteiger partial charge in [0.05, 0.1) is 7.11 Å². The van der Waals surface area contributed by atoms with Crippen molar-refractivity contribution in [3.63, 3.8) is 0 Å². The second kappa shape index (κ2) is 7.08. The first-order chi connectivity index (χ1) is 11.3. The zero-order chi connectivity index (χ0) is 17.9. The van der Waals surface area contributed by atoms with Gasteiger partial charge in [-0.25, -0.2) is 0 Å². The second-order valence-electron chi connectivity index (χ2n) is 6.78. The number of aryl methyl sites for hydroxylation is 2. The van der Waals surface area contributed by atoms with Crippen molar-refractivity contribution in [2.75, 3.05) is 13.7 Å². The van der Waals surface area contributed by atoms with Crippen LogP contribution in [0, 0.1) is 13.8 Å². The lowest BCUT2D eigenvalue weighted by Crippen LogP contribution is -2.19. The van der Waals surface area contributed by atoms with Gasteiger partial charge in [-0.1, -0.05) is 38.1 Å². The molecule has 128 valence electrons. The van der Waals surface area contributed by atoms with Gasteiger partial charge < -0.3 is 9.47 Å². The number of hydrogen-bond acceptors (Lipinski definition) is 3. The summed E-state index contributed by atoms with van der Waals surface area (Å²) in [5.74, 6) is 1.68. The van der Waals surface area contributed by atoms with Crippen LogP contribution >= 0.6 is 0 Å². The molecule has 3 heteroatoms. The van der Waals surface area contributed by atoms with Gasteiger partial charge >= 0.3 is 0 Å². The lowest BCUT2D eigenvalue weighted by atomic mass is 9.77. The van der Waals surface area contributed by atoms with Crippen LogP contribution in [0.1, 0.15) is 43.0 Å². The van der Waals surface area contributed by atoms with Crippen molar-refractivity contribution in [3.05, 3.63) is 58.7 Å². The van der Waals surface area contributed by atoms with Crippen molar-refractivity contribution in [1.29, 1.82) is 0 Å². The Hall–Kier alpha value is -2.29. The third-order valence-electron chi connectivity index (χ3n) is 4.44. The van der Waals surface area contributed by atoms with Crippen LogP contribution < -0.4 is 9.47 Å². The minimum atomic E-state index is -0.138. The van der Waals surface area contributed by atoms with Gasteiger partial charge in [-0.2, -0.15) is 0 Å². The molecule has 2 aromatic rings. The Morgan fingerprint density at radius 2 is 1.46 bits per heavy atom. The van der Waals surface area contributed by atoms with E-state index in [-0.39, 0.29) is 17.8 Å². The summed E-state index contributed by atoms with van der Waals surface area (Å²) in [5, 5.41) is 0. The molecular formula is C21H26O3. The SMILES string of the molecule is COc1ccc(C(C)(C)c2ccc(OCC(C)=O)c(C)c2)cc1C. The molecule has 0 radical (unpaired) electrons. The summed E-state index contributed by atoms with van der Waals surface area (Å²) in [7, 11) is 1.69. The van der Waals surface area contributed by atoms with Gasteiger partial charge in [-0.3, -0.25) is 4.79 Å². The number of carbonyl (C=O) groups is 1. The quantitative estimate of drug-likeness (QED) is 0.778. The van der Waals surface area contributed by atoms with Crippen LogP contribution in [-0.4, -0.2) is 19.5 Å². The Kier molecular flexibility index (Phi) is 5.33. The van der Waals surface area contributed by atoms with E-state index in [1.165, 1.54) is 18.1 Å². The lowest BCUT2D eigenvalue weighted by molar-refractivity contribution is -0.118. The number of methoxy groups -OCH3 is 1. The summed E-state index contributed by atoms with van der Waals surface area (Å²) in [6.45, 7) is 10.1. The molecule has 0 aromatic heterocycles. The van der Waals surface area contributed by atoms with Crippen LogP contribution in [0.5, 0.6) is 11.5 Å². The summed E-state index contributed by atoms with van der Waals surface area (Å²) in [5.41, 5.74) is 4.46. The number of hydrogen-bond donors (Lipinski definition) is 0. The van der Waals surface area contributed by atoms with Gasteiger partial charge in [0.25, 0.3) is 0 Å². The number of benzene rings is 2. The number of ether oxygens (including phenoxy) is 2. The van der Waals surface area contributed by atoms with E-state index in [1.54, 1.807) is 7.11 Å². The summed E-state index contributed by atoms with van der Waals surface area (Å²) in [6, 6.07) is 12.5. The Balaban J connectivity index is 2.33. The molecule has 3 nitrogen and oxygen atoms in total. The fourth-order valence-corrected chi connectivity index (χ4v) is 2.81. The third-order valence-corrected chi connectivity index (χ3v) is 4.44. The van der Waals surface area contributed by atoms with E-state index in [4.69, 9.17) is 9.47 Å². The van der Waals surface area contributed by atoms with E-state index in [0.717, 1.165) is 22.6 Å². The molecule has 0 unspecified atom stereocenters. The molecule has 0 fully saturated rings. The van der Waals surface area contributed by atoms with Crippen LogP contribution in [0.25, 0.3) is 0 Å². The molecule has 2 rings (SSSR count). The van der Waals surface area contributed by atoms with Crippen LogP contribution in [0.15, 0.2) is 36.4 Å². The van der Waals surface area contributed by atoms with E-state index >= 15 is 0 Å². The largest absolute Gasteiger partial charge is 0.496 e. The average molecular weight is 326 g/mol. The van der Waals surface area contributed by atoms with Crippen molar-refractivity contribution in [1.82, 2.24) is 0 Å². The smallest absolute Gasteiger partial charge is 0.167 e. The highest BCUT2D eigenvalue weighted by molar-refractivity contribution is 5.77. The zero-order valence-electron chi connectivity index (χ0n) is 15.4. The topological polar surface area (TPSA) is 35.5 Å². The summed E-state index contributed by atoms with van der Waals surface area (Å²) in [4.78, 5) is 11.1. The molecule has 0 spiro atoms. The Morgan fingerprint density at radius 1 is 0.958 bits per heavy atom.